The van der Waals surface area contributed by atoms with E-state index in [0.717, 1.165) is 18.2 Å². The van der Waals surface area contributed by atoms with E-state index in [1.807, 2.05) is 0 Å². The van der Waals surface area contributed by atoms with Gasteiger partial charge in [0.25, 0.3) is 5.89 Å². The van der Waals surface area contributed by atoms with Crippen LogP contribution >= 0.6 is 11.6 Å². The van der Waals surface area contributed by atoms with E-state index in [4.69, 9.17) is 20.9 Å². The second-order valence-electron chi connectivity index (χ2n) is 4.36. The quantitative estimate of drug-likeness (QED) is 0.720. The second-order valence-corrected chi connectivity index (χ2v) is 4.77. The summed E-state index contributed by atoms with van der Waals surface area (Å²) in [5.74, 6) is -1.07. The van der Waals surface area contributed by atoms with Crippen LogP contribution in [0.1, 0.15) is 5.82 Å². The van der Waals surface area contributed by atoms with Crippen molar-refractivity contribution < 1.29 is 18.0 Å². The summed E-state index contributed by atoms with van der Waals surface area (Å²) >= 11 is 6.03. The third kappa shape index (κ3) is 3.07. The fraction of sp³-hybridized carbons (Fsp3) is 0.0667. The number of hydrogen-bond donors (Lipinski definition) is 0. The molecule has 1 aromatic heterocycles. The van der Waals surface area contributed by atoms with E-state index in [1.165, 1.54) is 0 Å². The van der Waals surface area contributed by atoms with Crippen LogP contribution in [-0.2, 0) is 6.61 Å². The summed E-state index contributed by atoms with van der Waals surface area (Å²) in [5, 5.41) is 4.18. The Labute approximate surface area is 129 Å². The average Bonchev–Trinajstić information content (AvgIpc) is 2.97. The van der Waals surface area contributed by atoms with Gasteiger partial charge in [-0.15, -0.1) is 0 Å². The van der Waals surface area contributed by atoms with Crippen LogP contribution in [0.2, 0.25) is 5.02 Å². The lowest BCUT2D eigenvalue weighted by Crippen LogP contribution is -1.99. The van der Waals surface area contributed by atoms with Crippen LogP contribution in [0.5, 0.6) is 5.75 Å². The summed E-state index contributed by atoms with van der Waals surface area (Å²) in [6, 6.07) is 9.92. The van der Waals surface area contributed by atoms with Gasteiger partial charge >= 0.3 is 0 Å². The highest BCUT2D eigenvalue weighted by atomic mass is 35.5. The monoisotopic (exact) mass is 322 g/mol. The van der Waals surface area contributed by atoms with Gasteiger partial charge in [0.1, 0.15) is 5.82 Å². The summed E-state index contributed by atoms with van der Waals surface area (Å²) in [6.07, 6.45) is 0. The summed E-state index contributed by atoms with van der Waals surface area (Å²) < 4.78 is 36.7. The first-order valence-electron chi connectivity index (χ1n) is 6.29. The molecule has 0 radical (unpaired) electrons. The van der Waals surface area contributed by atoms with Crippen LogP contribution in [0.15, 0.2) is 47.0 Å². The van der Waals surface area contributed by atoms with E-state index in [2.05, 4.69) is 10.1 Å². The average molecular weight is 323 g/mol. The van der Waals surface area contributed by atoms with Crippen molar-refractivity contribution >= 4 is 11.6 Å². The summed E-state index contributed by atoms with van der Waals surface area (Å²) in [6.45, 7) is -0.158. The molecule has 0 fully saturated rings. The highest BCUT2D eigenvalue weighted by molar-refractivity contribution is 6.33. The first-order valence-corrected chi connectivity index (χ1v) is 6.66. The van der Waals surface area contributed by atoms with Crippen molar-refractivity contribution in [3.63, 3.8) is 0 Å². The molecule has 0 spiro atoms. The molecule has 7 heteroatoms. The molecule has 2 aromatic carbocycles. The molecule has 0 unspecified atom stereocenters. The SMILES string of the molecule is Fc1ccc(F)c(OCc2noc(-c3ccccc3Cl)n2)c1. The smallest absolute Gasteiger partial charge is 0.259 e. The third-order valence-electron chi connectivity index (χ3n) is 2.82. The Morgan fingerprint density at radius 1 is 1.14 bits per heavy atom. The Morgan fingerprint density at radius 2 is 1.95 bits per heavy atom. The van der Waals surface area contributed by atoms with Crippen LogP contribution in [-0.4, -0.2) is 10.1 Å². The Bertz CT molecular complexity index is 808. The molecule has 0 saturated heterocycles. The zero-order valence-corrected chi connectivity index (χ0v) is 11.8. The van der Waals surface area contributed by atoms with Crippen LogP contribution < -0.4 is 4.74 Å². The first-order chi connectivity index (χ1) is 10.6. The molecule has 0 N–H and O–H groups in total. The van der Waals surface area contributed by atoms with Gasteiger partial charge in [-0.3, -0.25) is 0 Å². The van der Waals surface area contributed by atoms with E-state index in [1.54, 1.807) is 24.3 Å². The number of hydrogen-bond acceptors (Lipinski definition) is 4. The molecule has 0 amide bonds. The highest BCUT2D eigenvalue weighted by Gasteiger charge is 2.13. The minimum atomic E-state index is -0.670. The van der Waals surface area contributed by atoms with Crippen LogP contribution in [0.4, 0.5) is 8.78 Å². The molecule has 0 saturated carbocycles. The summed E-state index contributed by atoms with van der Waals surface area (Å²) in [4.78, 5) is 4.11. The van der Waals surface area contributed by atoms with E-state index in [-0.39, 0.29) is 24.1 Å². The van der Waals surface area contributed by atoms with Gasteiger partial charge in [0.2, 0.25) is 5.82 Å². The fourth-order valence-electron chi connectivity index (χ4n) is 1.79. The number of aromatic nitrogens is 2. The summed E-state index contributed by atoms with van der Waals surface area (Å²) in [7, 11) is 0. The molecule has 0 aliphatic carbocycles. The fourth-order valence-corrected chi connectivity index (χ4v) is 2.00. The predicted octanol–water partition coefficient (Wildman–Crippen LogP) is 4.25. The molecule has 3 rings (SSSR count). The van der Waals surface area contributed by atoms with Crippen molar-refractivity contribution in [1.29, 1.82) is 0 Å². The molecule has 22 heavy (non-hydrogen) atoms. The summed E-state index contributed by atoms with van der Waals surface area (Å²) in [5.41, 5.74) is 0.583. The maximum atomic E-state index is 13.4. The van der Waals surface area contributed by atoms with Crippen LogP contribution in [0.3, 0.4) is 0 Å². The molecule has 0 aliphatic heterocycles. The normalized spacial score (nSPS) is 10.7. The van der Waals surface area contributed by atoms with Gasteiger partial charge < -0.3 is 9.26 Å². The number of nitrogens with zero attached hydrogens (tertiary/aromatic N) is 2. The van der Waals surface area contributed by atoms with Gasteiger partial charge in [0, 0.05) is 6.07 Å². The number of rotatable bonds is 4. The molecule has 1 heterocycles. The van der Waals surface area contributed by atoms with E-state index >= 15 is 0 Å². The Hall–Kier alpha value is -2.47. The van der Waals surface area contributed by atoms with Gasteiger partial charge in [-0.2, -0.15) is 4.98 Å². The Balaban J connectivity index is 1.75. The van der Waals surface area contributed by atoms with E-state index in [0.29, 0.717) is 10.6 Å². The van der Waals surface area contributed by atoms with Crippen molar-refractivity contribution in [2.45, 2.75) is 6.61 Å². The van der Waals surface area contributed by atoms with Crippen molar-refractivity contribution in [1.82, 2.24) is 10.1 Å². The minimum absolute atomic E-state index is 0.158. The highest BCUT2D eigenvalue weighted by Crippen LogP contribution is 2.26. The van der Waals surface area contributed by atoms with Gasteiger partial charge in [0.15, 0.2) is 18.2 Å². The van der Waals surface area contributed by atoms with Gasteiger partial charge in [0.05, 0.1) is 10.6 Å². The first kappa shape index (κ1) is 14.5. The van der Waals surface area contributed by atoms with Crippen molar-refractivity contribution in [3.05, 3.63) is 64.9 Å². The number of ether oxygens (including phenoxy) is 1. The lowest BCUT2D eigenvalue weighted by atomic mass is 10.2. The Morgan fingerprint density at radius 3 is 2.77 bits per heavy atom. The van der Waals surface area contributed by atoms with Crippen LogP contribution in [0, 0.1) is 11.6 Å². The van der Waals surface area contributed by atoms with E-state index in [9.17, 15) is 8.78 Å². The molecule has 0 bridgehead atoms. The second kappa shape index (κ2) is 6.11. The van der Waals surface area contributed by atoms with Gasteiger partial charge in [-0.05, 0) is 24.3 Å². The molecular weight excluding hydrogens is 314 g/mol. The maximum Gasteiger partial charge on any atom is 0.259 e. The Kier molecular flexibility index (Phi) is 4.02. The molecule has 4 nitrogen and oxygen atoms in total. The molecule has 112 valence electrons. The van der Waals surface area contributed by atoms with Crippen molar-refractivity contribution in [2.75, 3.05) is 0 Å². The minimum Gasteiger partial charge on any atom is -0.482 e. The molecule has 3 aromatic rings. The number of benzene rings is 2. The standard InChI is InChI=1S/C15H9ClF2N2O2/c16-11-4-2-1-3-10(11)15-19-14(20-22-15)8-21-13-7-9(17)5-6-12(13)18/h1-7H,8H2. The van der Waals surface area contributed by atoms with Crippen molar-refractivity contribution in [3.8, 4) is 17.2 Å². The third-order valence-corrected chi connectivity index (χ3v) is 3.15. The lowest BCUT2D eigenvalue weighted by molar-refractivity contribution is 0.272. The zero-order valence-electron chi connectivity index (χ0n) is 11.1. The van der Waals surface area contributed by atoms with E-state index < -0.39 is 11.6 Å². The largest absolute Gasteiger partial charge is 0.482 e. The molecular formula is C15H9ClF2N2O2. The number of halogens is 3. The molecule has 0 atom stereocenters. The molecule has 0 aliphatic rings. The lowest BCUT2D eigenvalue weighted by Gasteiger charge is -2.04. The maximum absolute atomic E-state index is 13.4. The van der Waals surface area contributed by atoms with Gasteiger partial charge in [-0.25, -0.2) is 8.78 Å². The topological polar surface area (TPSA) is 48.2 Å². The predicted molar refractivity (Wildman–Crippen MR) is 75.4 cm³/mol. The van der Waals surface area contributed by atoms with Gasteiger partial charge in [-0.1, -0.05) is 28.9 Å². The van der Waals surface area contributed by atoms with Crippen molar-refractivity contribution in [2.24, 2.45) is 0 Å². The zero-order chi connectivity index (χ0) is 15.5. The van der Waals surface area contributed by atoms with Crippen LogP contribution in [0.25, 0.3) is 11.5 Å².